The molecule has 35 heavy (non-hydrogen) atoms. The molecule has 0 saturated carbocycles. The van der Waals surface area contributed by atoms with E-state index >= 15 is 0 Å². The number of fused-ring (bicyclic) bond motifs is 1. The van der Waals surface area contributed by atoms with Crippen molar-refractivity contribution in [2.24, 2.45) is 0 Å². The number of hydrogen-bond donors (Lipinski definition) is 2. The van der Waals surface area contributed by atoms with Crippen LogP contribution in [0, 0.1) is 0 Å². The number of benzene rings is 1. The summed E-state index contributed by atoms with van der Waals surface area (Å²) in [7, 11) is 3.12. The molecule has 1 aliphatic rings. The zero-order valence-corrected chi connectivity index (χ0v) is 19.3. The predicted molar refractivity (Wildman–Crippen MR) is 122 cm³/mol. The average molecular weight is 483 g/mol. The molecule has 0 bridgehead atoms. The minimum atomic E-state index is -0.472. The molecule has 184 valence electrons. The number of methoxy groups -OCH3 is 2. The highest BCUT2D eigenvalue weighted by Crippen LogP contribution is 2.31. The van der Waals surface area contributed by atoms with E-state index in [1.165, 1.54) is 4.90 Å². The van der Waals surface area contributed by atoms with E-state index in [0.29, 0.717) is 35.4 Å². The zero-order valence-electron chi connectivity index (χ0n) is 19.3. The minimum Gasteiger partial charge on any atom is -0.493 e. The van der Waals surface area contributed by atoms with Gasteiger partial charge in [-0.25, -0.2) is 4.79 Å². The highest BCUT2D eigenvalue weighted by Gasteiger charge is 2.23. The molecule has 4 amide bonds. The van der Waals surface area contributed by atoms with Crippen LogP contribution in [-0.4, -0.2) is 83.0 Å². The fourth-order valence-corrected chi connectivity index (χ4v) is 3.49. The third kappa shape index (κ3) is 5.57. The molecule has 0 unspecified atom stereocenters. The molecule has 1 aliphatic heterocycles. The number of carbonyl (C=O) groups excluding carboxylic acids is 3. The summed E-state index contributed by atoms with van der Waals surface area (Å²) in [6.07, 6.45) is 0.361. The first-order valence-electron chi connectivity index (χ1n) is 10.9. The van der Waals surface area contributed by atoms with Crippen molar-refractivity contribution >= 4 is 23.5 Å². The van der Waals surface area contributed by atoms with Crippen molar-refractivity contribution in [2.75, 3.05) is 40.5 Å². The van der Waals surface area contributed by atoms with Gasteiger partial charge in [0.1, 0.15) is 6.61 Å². The third-order valence-electron chi connectivity index (χ3n) is 5.31. The van der Waals surface area contributed by atoms with Crippen molar-refractivity contribution in [1.82, 2.24) is 35.3 Å². The molecule has 13 heteroatoms. The van der Waals surface area contributed by atoms with Gasteiger partial charge in [0.2, 0.25) is 17.7 Å². The van der Waals surface area contributed by atoms with Gasteiger partial charge in [-0.3, -0.25) is 14.9 Å². The van der Waals surface area contributed by atoms with Gasteiger partial charge in [-0.15, -0.1) is 15.3 Å². The molecule has 0 spiro atoms. The molecule has 0 radical (unpaired) electrons. The second kappa shape index (κ2) is 10.7. The molecular formula is C22H25N7O6. The van der Waals surface area contributed by atoms with E-state index in [1.54, 1.807) is 43.0 Å². The topological polar surface area (TPSA) is 149 Å². The van der Waals surface area contributed by atoms with Crippen LogP contribution in [0.1, 0.15) is 12.8 Å². The lowest BCUT2D eigenvalue weighted by Crippen LogP contribution is -2.50. The number of urea groups is 1. The molecule has 1 aromatic carbocycles. The smallest absolute Gasteiger partial charge is 0.324 e. The van der Waals surface area contributed by atoms with Gasteiger partial charge in [0.15, 0.2) is 23.0 Å². The summed E-state index contributed by atoms with van der Waals surface area (Å²) >= 11 is 0. The van der Waals surface area contributed by atoms with Crippen molar-refractivity contribution in [3.05, 3.63) is 30.3 Å². The van der Waals surface area contributed by atoms with Crippen LogP contribution >= 0.6 is 0 Å². The summed E-state index contributed by atoms with van der Waals surface area (Å²) in [5.74, 6) is 1.46. The Hall–Kier alpha value is -4.42. The first kappa shape index (κ1) is 23.7. The van der Waals surface area contributed by atoms with Gasteiger partial charge in [-0.1, -0.05) is 0 Å². The van der Waals surface area contributed by atoms with Crippen molar-refractivity contribution in [1.29, 1.82) is 0 Å². The number of hydrogen-bond acceptors (Lipinski definition) is 9. The fourth-order valence-electron chi connectivity index (χ4n) is 3.49. The lowest BCUT2D eigenvalue weighted by atomic mass is 10.2. The Morgan fingerprint density at radius 1 is 1.11 bits per heavy atom. The number of imide groups is 1. The molecular weight excluding hydrogens is 458 g/mol. The van der Waals surface area contributed by atoms with Gasteiger partial charge in [-0.05, 0) is 24.3 Å². The number of rotatable bonds is 10. The van der Waals surface area contributed by atoms with Gasteiger partial charge >= 0.3 is 6.03 Å². The van der Waals surface area contributed by atoms with E-state index < -0.39 is 6.03 Å². The minimum absolute atomic E-state index is 0.126. The molecule has 3 aromatic rings. The molecule has 1 fully saturated rings. The van der Waals surface area contributed by atoms with Crippen LogP contribution in [-0.2, 0) is 9.59 Å². The van der Waals surface area contributed by atoms with Crippen LogP contribution in [0.3, 0.4) is 0 Å². The van der Waals surface area contributed by atoms with E-state index in [1.807, 2.05) is 6.07 Å². The molecule has 0 aliphatic carbocycles. The van der Waals surface area contributed by atoms with Crippen LogP contribution in [0.2, 0.25) is 0 Å². The summed E-state index contributed by atoms with van der Waals surface area (Å²) < 4.78 is 17.9. The Morgan fingerprint density at radius 2 is 1.94 bits per heavy atom. The number of aromatic nitrogens is 4. The maximum absolute atomic E-state index is 12.1. The highest BCUT2D eigenvalue weighted by molar-refractivity contribution is 5.96. The maximum Gasteiger partial charge on any atom is 0.324 e. The monoisotopic (exact) mass is 483 g/mol. The van der Waals surface area contributed by atoms with Crippen LogP contribution in [0.15, 0.2) is 30.3 Å². The fraction of sp³-hybridized carbons (Fsp3) is 0.364. The summed E-state index contributed by atoms with van der Waals surface area (Å²) in [6, 6.07) is 8.31. The molecule has 3 heterocycles. The lowest BCUT2D eigenvalue weighted by Gasteiger charge is -2.26. The van der Waals surface area contributed by atoms with Crippen LogP contribution < -0.4 is 24.8 Å². The van der Waals surface area contributed by atoms with Crippen molar-refractivity contribution < 1.29 is 28.6 Å². The first-order valence-corrected chi connectivity index (χ1v) is 10.9. The average Bonchev–Trinajstić information content (AvgIpc) is 3.29. The van der Waals surface area contributed by atoms with E-state index in [-0.39, 0.29) is 44.4 Å². The van der Waals surface area contributed by atoms with Crippen molar-refractivity contribution in [3.8, 4) is 28.8 Å². The Kier molecular flexibility index (Phi) is 7.24. The predicted octanol–water partition coefficient (Wildman–Crippen LogP) is 0.636. The Morgan fingerprint density at radius 3 is 2.71 bits per heavy atom. The number of nitrogens with zero attached hydrogens (tertiary/aromatic N) is 5. The Balaban J connectivity index is 1.30. The summed E-state index contributed by atoms with van der Waals surface area (Å²) in [5, 5.41) is 17.8. The first-order chi connectivity index (χ1) is 17.0. The summed E-state index contributed by atoms with van der Waals surface area (Å²) in [4.78, 5) is 36.4. The second-order valence-corrected chi connectivity index (χ2v) is 7.57. The number of ether oxygens (including phenoxy) is 3. The van der Waals surface area contributed by atoms with E-state index in [2.05, 4.69) is 25.9 Å². The van der Waals surface area contributed by atoms with Gasteiger partial charge in [-0.2, -0.15) is 4.52 Å². The molecule has 13 nitrogen and oxygen atoms in total. The Labute approximate surface area is 200 Å². The van der Waals surface area contributed by atoms with Gasteiger partial charge in [0.05, 0.1) is 20.8 Å². The van der Waals surface area contributed by atoms with Gasteiger partial charge < -0.3 is 24.4 Å². The van der Waals surface area contributed by atoms with Crippen LogP contribution in [0.4, 0.5) is 4.79 Å². The van der Waals surface area contributed by atoms with Crippen LogP contribution in [0.5, 0.6) is 17.4 Å². The lowest BCUT2D eigenvalue weighted by molar-refractivity contribution is -0.121. The van der Waals surface area contributed by atoms with E-state index in [0.717, 1.165) is 5.56 Å². The molecule has 4 rings (SSSR count). The summed E-state index contributed by atoms with van der Waals surface area (Å²) in [5.41, 5.74) is 1.28. The largest absolute Gasteiger partial charge is 0.493 e. The second-order valence-electron chi connectivity index (χ2n) is 7.57. The standard InChI is InChI=1S/C22H25N7O6/c1-33-15-4-3-14(13-16(15)34-2)21-26-25-17-5-6-20(27-29(17)21)35-12-9-23-18(30)7-10-28-11-8-19(31)24-22(28)32/h3-6,13H,7-12H2,1-2H3,(H,23,30)(H,24,31,32). The molecule has 1 saturated heterocycles. The quantitative estimate of drug-likeness (QED) is 0.396. The maximum atomic E-state index is 12.1. The number of carbonyl (C=O) groups is 3. The van der Waals surface area contributed by atoms with Gasteiger partial charge in [0.25, 0.3) is 0 Å². The van der Waals surface area contributed by atoms with E-state index in [9.17, 15) is 14.4 Å². The highest BCUT2D eigenvalue weighted by atomic mass is 16.5. The van der Waals surface area contributed by atoms with E-state index in [4.69, 9.17) is 14.2 Å². The third-order valence-corrected chi connectivity index (χ3v) is 5.31. The molecule has 2 aromatic heterocycles. The molecule has 2 N–H and O–H groups in total. The number of amides is 4. The SMILES string of the molecule is COc1ccc(-c2nnc3ccc(OCCNC(=O)CCN4CCC(=O)NC4=O)nn23)cc1OC. The van der Waals surface area contributed by atoms with Crippen molar-refractivity contribution in [3.63, 3.8) is 0 Å². The Bertz CT molecular complexity index is 1240. The van der Waals surface area contributed by atoms with Crippen LogP contribution in [0.25, 0.3) is 17.0 Å². The van der Waals surface area contributed by atoms with Crippen molar-refractivity contribution in [2.45, 2.75) is 12.8 Å². The van der Waals surface area contributed by atoms with Gasteiger partial charge in [0, 0.05) is 37.6 Å². The molecule has 0 atom stereocenters. The summed E-state index contributed by atoms with van der Waals surface area (Å²) in [6.45, 7) is 0.991. The number of nitrogens with one attached hydrogen (secondary N) is 2. The normalized spacial score (nSPS) is 13.5. The zero-order chi connectivity index (χ0) is 24.8.